The third kappa shape index (κ3) is 5.32. The van der Waals surface area contributed by atoms with Gasteiger partial charge >= 0.3 is 0 Å². The first kappa shape index (κ1) is 18.0. The summed E-state index contributed by atoms with van der Waals surface area (Å²) in [6, 6.07) is 8.05. The van der Waals surface area contributed by atoms with Crippen molar-refractivity contribution in [1.82, 2.24) is 10.2 Å². The van der Waals surface area contributed by atoms with Gasteiger partial charge in [0.2, 0.25) is 5.91 Å². The van der Waals surface area contributed by atoms with Crippen LogP contribution in [-0.4, -0.2) is 43.4 Å². The highest BCUT2D eigenvalue weighted by molar-refractivity contribution is 9.10. The van der Waals surface area contributed by atoms with Crippen LogP contribution in [0, 0.1) is 5.92 Å². The van der Waals surface area contributed by atoms with Crippen LogP contribution in [-0.2, 0) is 4.79 Å². The molecule has 0 aliphatic rings. The van der Waals surface area contributed by atoms with Crippen molar-refractivity contribution in [2.45, 2.75) is 24.7 Å². The molecule has 1 amide bonds. The Hall–Kier alpha value is -1.07. The Balaban J connectivity index is 2.76. The second kappa shape index (κ2) is 8.39. The van der Waals surface area contributed by atoms with E-state index in [2.05, 4.69) is 26.1 Å². The fraction of sp³-hybridized carbons (Fsp3) is 0.562. The molecule has 0 aromatic heterocycles. The molecule has 1 aromatic carbocycles. The molecule has 2 atom stereocenters. The third-order valence-electron chi connectivity index (χ3n) is 3.41. The summed E-state index contributed by atoms with van der Waals surface area (Å²) in [5, 5.41) is 3.01. The maximum absolute atomic E-state index is 12.1. The number of ether oxygens (including phenoxy) is 1. The summed E-state index contributed by atoms with van der Waals surface area (Å²) in [6.07, 6.45) is 0. The first-order valence-electron chi connectivity index (χ1n) is 7.09. The van der Waals surface area contributed by atoms with Crippen LogP contribution in [0.15, 0.2) is 24.3 Å². The van der Waals surface area contributed by atoms with E-state index in [1.54, 1.807) is 7.11 Å². The van der Waals surface area contributed by atoms with Gasteiger partial charge in [-0.15, -0.1) is 0 Å². The van der Waals surface area contributed by atoms with Gasteiger partial charge < -0.3 is 15.0 Å². The highest BCUT2D eigenvalue weighted by Crippen LogP contribution is 2.22. The number of nitrogens with zero attached hydrogens (tertiary/aromatic N) is 1. The van der Waals surface area contributed by atoms with Gasteiger partial charge in [-0.25, -0.2) is 0 Å². The lowest BCUT2D eigenvalue weighted by atomic mass is 10.0. The van der Waals surface area contributed by atoms with Crippen molar-refractivity contribution in [3.05, 3.63) is 29.8 Å². The monoisotopic (exact) mass is 356 g/mol. The Labute approximate surface area is 136 Å². The molecule has 2 unspecified atom stereocenters. The van der Waals surface area contributed by atoms with Crippen LogP contribution < -0.4 is 10.1 Å². The Kier molecular flexibility index (Phi) is 7.18. The summed E-state index contributed by atoms with van der Waals surface area (Å²) in [5.74, 6) is 1.12. The maximum Gasteiger partial charge on any atom is 0.234 e. The Morgan fingerprint density at radius 3 is 2.57 bits per heavy atom. The Bertz CT molecular complexity index is 463. The average molecular weight is 357 g/mol. The summed E-state index contributed by atoms with van der Waals surface area (Å²) < 4.78 is 5.27. The number of hydrogen-bond donors (Lipinski definition) is 1. The number of likely N-dealkylation sites (N-methyl/N-ethyl adjacent to an activating group) is 1. The number of methoxy groups -OCH3 is 1. The van der Waals surface area contributed by atoms with Gasteiger partial charge in [-0.05, 0) is 37.7 Å². The number of benzene rings is 1. The molecule has 0 aliphatic carbocycles. The van der Waals surface area contributed by atoms with Gasteiger partial charge in [0.25, 0.3) is 0 Å². The van der Waals surface area contributed by atoms with Crippen molar-refractivity contribution in [2.75, 3.05) is 27.7 Å². The molecule has 118 valence electrons. The molecular weight excluding hydrogens is 332 g/mol. The molecular formula is C16H25BrN2O2. The molecule has 1 aromatic rings. The number of rotatable bonds is 7. The standard InChI is InChI=1S/C16H25BrN2O2/c1-11(2)15(17)16(20)18-10-14(19(3)4)12-7-6-8-13(9-12)21-5/h6-9,11,14-15H,10H2,1-5H3,(H,18,20). The largest absolute Gasteiger partial charge is 0.497 e. The molecule has 0 fully saturated rings. The second-order valence-electron chi connectivity index (χ2n) is 5.65. The van der Waals surface area contributed by atoms with Gasteiger partial charge in [-0.2, -0.15) is 0 Å². The number of hydrogen-bond acceptors (Lipinski definition) is 3. The number of amides is 1. The van der Waals surface area contributed by atoms with Crippen LogP contribution in [0.25, 0.3) is 0 Å². The first-order chi connectivity index (χ1) is 9.86. The van der Waals surface area contributed by atoms with Gasteiger partial charge in [0, 0.05) is 6.54 Å². The summed E-state index contributed by atoms with van der Waals surface area (Å²) >= 11 is 3.43. The van der Waals surface area contributed by atoms with Gasteiger partial charge in [0.05, 0.1) is 18.0 Å². The molecule has 0 bridgehead atoms. The maximum atomic E-state index is 12.1. The van der Waals surface area contributed by atoms with Gasteiger partial charge in [-0.3, -0.25) is 4.79 Å². The van der Waals surface area contributed by atoms with E-state index < -0.39 is 0 Å². The van der Waals surface area contributed by atoms with E-state index in [0.717, 1.165) is 11.3 Å². The number of alkyl halides is 1. The minimum atomic E-state index is -0.161. The summed E-state index contributed by atoms with van der Waals surface area (Å²) in [5.41, 5.74) is 1.12. The fourth-order valence-electron chi connectivity index (χ4n) is 2.04. The lowest BCUT2D eigenvalue weighted by Crippen LogP contribution is -2.39. The Morgan fingerprint density at radius 2 is 2.05 bits per heavy atom. The summed E-state index contributed by atoms with van der Waals surface area (Å²) in [6.45, 7) is 4.60. The van der Waals surface area contributed by atoms with Crippen LogP contribution >= 0.6 is 15.9 Å². The van der Waals surface area contributed by atoms with Crippen molar-refractivity contribution in [1.29, 1.82) is 0 Å². The van der Waals surface area contributed by atoms with E-state index in [9.17, 15) is 4.79 Å². The molecule has 5 heteroatoms. The smallest absolute Gasteiger partial charge is 0.234 e. The quantitative estimate of drug-likeness (QED) is 0.763. The van der Waals surface area contributed by atoms with Crippen LogP contribution in [0.1, 0.15) is 25.5 Å². The van der Waals surface area contributed by atoms with Crippen LogP contribution in [0.2, 0.25) is 0 Å². The van der Waals surface area contributed by atoms with E-state index in [1.165, 1.54) is 0 Å². The van der Waals surface area contributed by atoms with Crippen molar-refractivity contribution < 1.29 is 9.53 Å². The van der Waals surface area contributed by atoms with Crippen molar-refractivity contribution >= 4 is 21.8 Å². The summed E-state index contributed by atoms with van der Waals surface area (Å²) in [4.78, 5) is 14.0. The second-order valence-corrected chi connectivity index (χ2v) is 6.63. The highest BCUT2D eigenvalue weighted by Gasteiger charge is 2.21. The molecule has 1 rings (SSSR count). The zero-order valence-electron chi connectivity index (χ0n) is 13.4. The minimum absolute atomic E-state index is 0.0275. The third-order valence-corrected chi connectivity index (χ3v) is 4.88. The lowest BCUT2D eigenvalue weighted by molar-refractivity contribution is -0.121. The van der Waals surface area contributed by atoms with Gasteiger partial charge in [-0.1, -0.05) is 41.9 Å². The first-order valence-corrected chi connectivity index (χ1v) is 8.00. The average Bonchev–Trinajstić information content (AvgIpc) is 2.46. The summed E-state index contributed by atoms with van der Waals surface area (Å²) in [7, 11) is 5.67. The van der Waals surface area contributed by atoms with Gasteiger partial charge in [0.1, 0.15) is 5.75 Å². The normalized spacial score (nSPS) is 14.1. The predicted molar refractivity (Wildman–Crippen MR) is 90.0 cm³/mol. The molecule has 0 aliphatic heterocycles. The molecule has 0 spiro atoms. The SMILES string of the molecule is COc1cccc(C(CNC(=O)C(Br)C(C)C)N(C)C)c1. The number of halogens is 1. The zero-order chi connectivity index (χ0) is 16.0. The van der Waals surface area contributed by atoms with E-state index in [1.807, 2.05) is 52.2 Å². The molecule has 1 N–H and O–H groups in total. The Morgan fingerprint density at radius 1 is 1.38 bits per heavy atom. The van der Waals surface area contributed by atoms with Crippen LogP contribution in [0.4, 0.5) is 0 Å². The number of carbonyl (C=O) groups is 1. The van der Waals surface area contributed by atoms with E-state index in [0.29, 0.717) is 6.54 Å². The highest BCUT2D eigenvalue weighted by atomic mass is 79.9. The van der Waals surface area contributed by atoms with E-state index >= 15 is 0 Å². The van der Waals surface area contributed by atoms with Crippen LogP contribution in [0.5, 0.6) is 5.75 Å². The van der Waals surface area contributed by atoms with Gasteiger partial charge in [0.15, 0.2) is 0 Å². The van der Waals surface area contributed by atoms with E-state index in [-0.39, 0.29) is 22.7 Å². The molecule has 0 saturated heterocycles. The molecule has 0 heterocycles. The fourth-order valence-corrected chi connectivity index (χ4v) is 2.21. The van der Waals surface area contributed by atoms with Crippen molar-refractivity contribution in [3.63, 3.8) is 0 Å². The predicted octanol–water partition coefficient (Wildman–Crippen LogP) is 2.83. The number of carbonyl (C=O) groups excluding carboxylic acids is 1. The topological polar surface area (TPSA) is 41.6 Å². The zero-order valence-corrected chi connectivity index (χ0v) is 15.0. The molecule has 4 nitrogen and oxygen atoms in total. The lowest BCUT2D eigenvalue weighted by Gasteiger charge is -2.26. The number of nitrogens with one attached hydrogen (secondary N) is 1. The minimum Gasteiger partial charge on any atom is -0.497 e. The van der Waals surface area contributed by atoms with Crippen molar-refractivity contribution in [3.8, 4) is 5.75 Å². The van der Waals surface area contributed by atoms with E-state index in [4.69, 9.17) is 4.74 Å². The molecule has 0 radical (unpaired) electrons. The molecule has 0 saturated carbocycles. The van der Waals surface area contributed by atoms with Crippen LogP contribution in [0.3, 0.4) is 0 Å². The van der Waals surface area contributed by atoms with Crippen molar-refractivity contribution in [2.24, 2.45) is 5.92 Å². The molecule has 21 heavy (non-hydrogen) atoms.